The van der Waals surface area contributed by atoms with Gasteiger partial charge in [-0.2, -0.15) is 30.7 Å². The summed E-state index contributed by atoms with van der Waals surface area (Å²) in [6.45, 7) is 1.17. The van der Waals surface area contributed by atoms with Crippen molar-refractivity contribution in [1.29, 1.82) is 0 Å². The molecule has 3 heterocycles. The van der Waals surface area contributed by atoms with Gasteiger partial charge in [-0.05, 0) is 22.9 Å². The van der Waals surface area contributed by atoms with Crippen molar-refractivity contribution in [2.24, 2.45) is 0 Å². The van der Waals surface area contributed by atoms with Crippen molar-refractivity contribution in [2.45, 2.75) is 25.8 Å². The molecule has 3 aromatic rings. The van der Waals surface area contributed by atoms with Crippen LogP contribution in [0.2, 0.25) is 0 Å². The minimum atomic E-state index is -5.24. The van der Waals surface area contributed by atoms with Gasteiger partial charge in [-0.1, -0.05) is 6.07 Å². The first kappa shape index (κ1) is 24.2. The smallest absolute Gasteiger partial charge is 0.333 e. The number of hydrogen-bond acceptors (Lipinski definition) is 5. The lowest BCUT2D eigenvalue weighted by Crippen LogP contribution is -2.34. The number of aromatic nitrogens is 2. The van der Waals surface area contributed by atoms with E-state index in [1.807, 2.05) is 0 Å². The Morgan fingerprint density at radius 3 is 2.27 bits per heavy atom. The summed E-state index contributed by atoms with van der Waals surface area (Å²) < 4.78 is 77.9. The Labute approximate surface area is 185 Å². The maximum absolute atomic E-state index is 12.7. The Kier molecular flexibility index (Phi) is 6.24. The van der Waals surface area contributed by atoms with Crippen LogP contribution in [0.5, 0.6) is 0 Å². The number of alkyl halides is 6. The first-order valence-corrected chi connectivity index (χ1v) is 9.80. The van der Waals surface area contributed by atoms with Crippen molar-refractivity contribution in [2.75, 3.05) is 7.05 Å². The largest absolute Gasteiger partial charge is 0.495 e. The van der Waals surface area contributed by atoms with Gasteiger partial charge in [0.25, 0.3) is 11.7 Å². The topological polar surface area (TPSA) is 72.7 Å². The van der Waals surface area contributed by atoms with E-state index in [4.69, 9.17) is 0 Å². The molecule has 176 valence electrons. The highest BCUT2D eigenvalue weighted by molar-refractivity contribution is 7.16. The molecule has 0 saturated carbocycles. The SMILES string of the molecule is Cc1c(CN(C)C(=O)c2ccc(C(=O)C(F)(F)F)s2)[n+]2ccccc2n1OC(=O)C(F)(F)F. The summed E-state index contributed by atoms with van der Waals surface area (Å²) in [5.74, 6) is -5.23. The molecule has 0 N–H and O–H groups in total. The van der Waals surface area contributed by atoms with Gasteiger partial charge in [0.2, 0.25) is 0 Å². The Hall–Kier alpha value is -3.42. The first-order chi connectivity index (χ1) is 15.2. The monoisotopic (exact) mass is 494 g/mol. The minimum Gasteiger partial charge on any atom is -0.333 e. The molecule has 0 atom stereocenters. The van der Waals surface area contributed by atoms with E-state index >= 15 is 0 Å². The quantitative estimate of drug-likeness (QED) is 0.311. The molecule has 0 fully saturated rings. The second kappa shape index (κ2) is 8.50. The second-order valence-electron chi connectivity index (χ2n) is 6.78. The van der Waals surface area contributed by atoms with E-state index in [2.05, 4.69) is 4.84 Å². The number of carbonyl (C=O) groups excluding carboxylic acids is 3. The summed E-state index contributed by atoms with van der Waals surface area (Å²) in [5.41, 5.74) is 0.426. The number of ketones is 1. The molecule has 0 saturated heterocycles. The normalized spacial score (nSPS) is 12.1. The van der Waals surface area contributed by atoms with Gasteiger partial charge in [0, 0.05) is 20.0 Å². The molecular formula is C19H14F6N3O4S+. The molecule has 0 aliphatic carbocycles. The summed E-state index contributed by atoms with van der Waals surface area (Å²) in [6.07, 6.45) is -8.85. The molecule has 0 aliphatic heterocycles. The predicted octanol–water partition coefficient (Wildman–Crippen LogP) is 3.13. The zero-order chi connectivity index (χ0) is 24.7. The van der Waals surface area contributed by atoms with Crippen LogP contribution in [0.4, 0.5) is 26.3 Å². The zero-order valence-corrected chi connectivity index (χ0v) is 17.6. The summed E-state index contributed by atoms with van der Waals surface area (Å²) >= 11 is 0.372. The number of hydrogen-bond donors (Lipinski definition) is 0. The lowest BCUT2D eigenvalue weighted by Gasteiger charge is -2.14. The van der Waals surface area contributed by atoms with E-state index < -0.39 is 34.9 Å². The standard InChI is InChI=1S/C19H14F6N3O4S/c1-10-11(27-8-4-3-5-14(27)28(10)32-17(31)19(23,24)25)9-26(2)16(30)13-7-6-12(33-13)15(29)18(20,21)22/h3-8H,9H2,1-2H3/q+1. The molecule has 33 heavy (non-hydrogen) atoms. The third-order valence-electron chi connectivity index (χ3n) is 4.50. The third-order valence-corrected chi connectivity index (χ3v) is 5.57. The fourth-order valence-corrected chi connectivity index (χ4v) is 3.89. The van der Waals surface area contributed by atoms with Crippen LogP contribution >= 0.6 is 11.3 Å². The van der Waals surface area contributed by atoms with Crippen LogP contribution in [-0.4, -0.2) is 46.7 Å². The van der Waals surface area contributed by atoms with Gasteiger partial charge < -0.3 is 4.90 Å². The van der Waals surface area contributed by atoms with Crippen molar-refractivity contribution in [1.82, 2.24) is 9.63 Å². The van der Waals surface area contributed by atoms with Crippen LogP contribution in [0.3, 0.4) is 0 Å². The number of carbonyl (C=O) groups is 3. The highest BCUT2D eigenvalue weighted by Gasteiger charge is 2.45. The summed E-state index contributed by atoms with van der Waals surface area (Å²) in [5, 5.41) is 0. The third kappa shape index (κ3) is 4.84. The summed E-state index contributed by atoms with van der Waals surface area (Å²) in [7, 11) is 1.32. The first-order valence-electron chi connectivity index (χ1n) is 8.98. The Morgan fingerprint density at radius 2 is 1.67 bits per heavy atom. The van der Waals surface area contributed by atoms with Crippen molar-refractivity contribution in [3.8, 4) is 0 Å². The van der Waals surface area contributed by atoms with Crippen LogP contribution in [0.1, 0.15) is 30.7 Å². The van der Waals surface area contributed by atoms with Crippen LogP contribution in [0.15, 0.2) is 36.5 Å². The van der Waals surface area contributed by atoms with Gasteiger partial charge in [-0.15, -0.1) is 11.3 Å². The fourth-order valence-electron chi connectivity index (χ4n) is 2.93. The fraction of sp³-hybridized carbons (Fsp3) is 0.263. The van der Waals surface area contributed by atoms with E-state index in [0.717, 1.165) is 17.0 Å². The molecular weight excluding hydrogens is 480 g/mol. The number of nitrogens with zero attached hydrogens (tertiary/aromatic N) is 3. The highest BCUT2D eigenvalue weighted by Crippen LogP contribution is 2.27. The van der Waals surface area contributed by atoms with Crippen LogP contribution < -0.4 is 9.24 Å². The molecule has 14 heteroatoms. The van der Waals surface area contributed by atoms with E-state index in [9.17, 15) is 40.7 Å². The van der Waals surface area contributed by atoms with E-state index in [1.54, 1.807) is 6.07 Å². The maximum Gasteiger partial charge on any atom is 0.495 e. The number of pyridine rings is 1. The molecule has 3 rings (SSSR count). The number of imidazole rings is 1. The molecule has 7 nitrogen and oxygen atoms in total. The number of thiophene rings is 1. The van der Waals surface area contributed by atoms with Gasteiger partial charge in [-0.3, -0.25) is 9.59 Å². The number of amides is 1. The van der Waals surface area contributed by atoms with Gasteiger partial charge in [0.05, 0.1) is 22.5 Å². The van der Waals surface area contributed by atoms with Crippen molar-refractivity contribution >= 4 is 34.6 Å². The summed E-state index contributed by atoms with van der Waals surface area (Å²) in [6, 6.07) is 6.41. The zero-order valence-electron chi connectivity index (χ0n) is 16.8. The molecule has 0 aliphatic rings. The lowest BCUT2D eigenvalue weighted by molar-refractivity contribution is -0.522. The van der Waals surface area contributed by atoms with Crippen LogP contribution in [-0.2, 0) is 11.3 Å². The molecule has 0 spiro atoms. The Balaban J connectivity index is 1.90. The number of rotatable bonds is 5. The molecule has 0 radical (unpaired) electrons. The highest BCUT2D eigenvalue weighted by atomic mass is 32.1. The maximum atomic E-state index is 12.7. The lowest BCUT2D eigenvalue weighted by atomic mass is 10.3. The molecule has 0 aromatic carbocycles. The molecule has 3 aromatic heterocycles. The van der Waals surface area contributed by atoms with Gasteiger partial charge in [0.1, 0.15) is 0 Å². The summed E-state index contributed by atoms with van der Waals surface area (Å²) in [4.78, 5) is 40.2. The average Bonchev–Trinajstić information content (AvgIpc) is 3.31. The molecule has 0 unspecified atom stereocenters. The molecule has 0 bridgehead atoms. The van der Waals surface area contributed by atoms with Crippen LogP contribution in [0.25, 0.3) is 5.65 Å². The number of halogens is 6. The van der Waals surface area contributed by atoms with Gasteiger partial charge in [0.15, 0.2) is 11.4 Å². The van der Waals surface area contributed by atoms with Gasteiger partial charge in [-0.25, -0.2) is 9.63 Å². The van der Waals surface area contributed by atoms with Crippen molar-refractivity contribution < 1.29 is 50.0 Å². The van der Waals surface area contributed by atoms with E-state index in [-0.39, 0.29) is 28.5 Å². The Bertz CT molecular complexity index is 1240. The molecule has 1 amide bonds. The Morgan fingerprint density at radius 1 is 1.03 bits per heavy atom. The number of Topliss-reactive ketones (excluding diaryl/α,β-unsaturated/α-hetero) is 1. The minimum absolute atomic E-state index is 0.0673. The second-order valence-corrected chi connectivity index (χ2v) is 7.87. The average molecular weight is 494 g/mol. The predicted molar refractivity (Wildman–Crippen MR) is 100 cm³/mol. The van der Waals surface area contributed by atoms with Crippen molar-refractivity contribution in [3.63, 3.8) is 0 Å². The van der Waals surface area contributed by atoms with Crippen LogP contribution in [0, 0.1) is 6.92 Å². The van der Waals surface area contributed by atoms with Gasteiger partial charge >= 0.3 is 24.0 Å². The number of fused-ring (bicyclic) bond motifs is 1. The van der Waals surface area contributed by atoms with E-state index in [0.29, 0.717) is 16.1 Å². The van der Waals surface area contributed by atoms with E-state index in [1.165, 1.54) is 36.7 Å². The van der Waals surface area contributed by atoms with Crippen molar-refractivity contribution in [3.05, 3.63) is 57.7 Å².